The first kappa shape index (κ1) is 12.6. The standard InChI is InChI=1S/C15H15FO2/c1-11-2-4-12(5-3-11)10-18-14-7-6-13(9-17)15(16)8-14/h2-8,17H,9-10H2,1H3. The molecule has 0 saturated heterocycles. The van der Waals surface area contributed by atoms with E-state index in [1.54, 1.807) is 6.07 Å². The molecule has 0 radical (unpaired) electrons. The lowest BCUT2D eigenvalue weighted by Crippen LogP contribution is -1.97. The number of aryl methyl sites for hydroxylation is 1. The summed E-state index contributed by atoms with van der Waals surface area (Å²) in [7, 11) is 0. The molecule has 3 heteroatoms. The fourth-order valence-corrected chi connectivity index (χ4v) is 1.60. The van der Waals surface area contributed by atoms with E-state index in [1.807, 2.05) is 31.2 Å². The number of benzene rings is 2. The zero-order chi connectivity index (χ0) is 13.0. The molecular weight excluding hydrogens is 231 g/mol. The number of aliphatic hydroxyl groups excluding tert-OH is 1. The molecule has 0 aliphatic carbocycles. The largest absolute Gasteiger partial charge is 0.489 e. The van der Waals surface area contributed by atoms with Crippen molar-refractivity contribution in [3.63, 3.8) is 0 Å². The predicted octanol–water partition coefficient (Wildman–Crippen LogP) is 3.21. The number of ether oxygens (including phenoxy) is 1. The van der Waals surface area contributed by atoms with Crippen LogP contribution in [0.25, 0.3) is 0 Å². The molecule has 0 fully saturated rings. The van der Waals surface area contributed by atoms with Crippen LogP contribution in [0, 0.1) is 12.7 Å². The minimum atomic E-state index is -0.445. The second-order valence-electron chi connectivity index (χ2n) is 4.19. The first-order chi connectivity index (χ1) is 8.69. The number of hydrogen-bond donors (Lipinski definition) is 1. The van der Waals surface area contributed by atoms with E-state index in [4.69, 9.17) is 9.84 Å². The molecule has 2 aromatic carbocycles. The van der Waals surface area contributed by atoms with E-state index in [-0.39, 0.29) is 12.2 Å². The van der Waals surface area contributed by atoms with Crippen LogP contribution in [0.5, 0.6) is 5.75 Å². The Hall–Kier alpha value is -1.87. The van der Waals surface area contributed by atoms with Crippen molar-refractivity contribution in [3.05, 3.63) is 65.0 Å². The molecule has 2 aromatic rings. The molecule has 18 heavy (non-hydrogen) atoms. The summed E-state index contributed by atoms with van der Waals surface area (Å²) in [6.07, 6.45) is 0. The Kier molecular flexibility index (Phi) is 3.95. The van der Waals surface area contributed by atoms with Crippen molar-refractivity contribution in [1.82, 2.24) is 0 Å². The first-order valence-corrected chi connectivity index (χ1v) is 5.76. The zero-order valence-corrected chi connectivity index (χ0v) is 10.2. The SMILES string of the molecule is Cc1ccc(COc2ccc(CO)c(F)c2)cc1. The molecule has 0 aromatic heterocycles. The third-order valence-electron chi connectivity index (χ3n) is 2.72. The van der Waals surface area contributed by atoms with Gasteiger partial charge in [-0.05, 0) is 18.6 Å². The van der Waals surface area contributed by atoms with Crippen molar-refractivity contribution in [2.45, 2.75) is 20.1 Å². The monoisotopic (exact) mass is 246 g/mol. The smallest absolute Gasteiger partial charge is 0.132 e. The summed E-state index contributed by atoms with van der Waals surface area (Å²) in [6.45, 7) is 2.12. The lowest BCUT2D eigenvalue weighted by molar-refractivity contribution is 0.273. The molecule has 94 valence electrons. The molecule has 0 bridgehead atoms. The fourth-order valence-electron chi connectivity index (χ4n) is 1.60. The Morgan fingerprint density at radius 3 is 2.44 bits per heavy atom. The molecule has 1 N–H and O–H groups in total. The van der Waals surface area contributed by atoms with E-state index >= 15 is 0 Å². The number of rotatable bonds is 4. The van der Waals surface area contributed by atoms with Gasteiger partial charge in [0, 0.05) is 11.6 Å². The number of hydrogen-bond acceptors (Lipinski definition) is 2. The highest BCUT2D eigenvalue weighted by Gasteiger charge is 2.03. The van der Waals surface area contributed by atoms with Crippen molar-refractivity contribution in [2.24, 2.45) is 0 Å². The highest BCUT2D eigenvalue weighted by molar-refractivity contribution is 5.29. The van der Waals surface area contributed by atoms with Gasteiger partial charge < -0.3 is 9.84 Å². The Labute approximate surface area is 106 Å². The first-order valence-electron chi connectivity index (χ1n) is 5.76. The molecule has 0 heterocycles. The lowest BCUT2D eigenvalue weighted by Gasteiger charge is -2.08. The van der Waals surface area contributed by atoms with Crippen molar-refractivity contribution in [3.8, 4) is 5.75 Å². The summed E-state index contributed by atoms with van der Waals surface area (Å²) in [5.74, 6) is 0.0178. The summed E-state index contributed by atoms with van der Waals surface area (Å²) in [5.41, 5.74) is 2.50. The Morgan fingerprint density at radius 2 is 1.83 bits per heavy atom. The highest BCUT2D eigenvalue weighted by atomic mass is 19.1. The third kappa shape index (κ3) is 3.08. The van der Waals surface area contributed by atoms with Crippen LogP contribution in [-0.2, 0) is 13.2 Å². The molecule has 0 unspecified atom stereocenters. The molecule has 0 spiro atoms. The Balaban J connectivity index is 2.02. The Bertz CT molecular complexity index is 521. The van der Waals surface area contributed by atoms with E-state index in [2.05, 4.69) is 0 Å². The summed E-state index contributed by atoms with van der Waals surface area (Å²) in [4.78, 5) is 0. The quantitative estimate of drug-likeness (QED) is 0.897. The molecule has 0 atom stereocenters. The van der Waals surface area contributed by atoms with Gasteiger partial charge in [-0.2, -0.15) is 0 Å². The summed E-state index contributed by atoms with van der Waals surface area (Å²) in [5, 5.41) is 8.86. The van der Waals surface area contributed by atoms with Crippen molar-refractivity contribution < 1.29 is 14.2 Å². The average molecular weight is 246 g/mol. The maximum absolute atomic E-state index is 13.4. The van der Waals surface area contributed by atoms with Gasteiger partial charge in [0.25, 0.3) is 0 Å². The van der Waals surface area contributed by atoms with Crippen LogP contribution in [-0.4, -0.2) is 5.11 Å². The molecule has 0 amide bonds. The third-order valence-corrected chi connectivity index (χ3v) is 2.72. The van der Waals surface area contributed by atoms with Gasteiger partial charge >= 0.3 is 0 Å². The molecule has 0 saturated carbocycles. The highest BCUT2D eigenvalue weighted by Crippen LogP contribution is 2.18. The summed E-state index contributed by atoms with van der Waals surface area (Å²) >= 11 is 0. The lowest BCUT2D eigenvalue weighted by atomic mass is 10.2. The summed E-state index contributed by atoms with van der Waals surface area (Å²) in [6, 6.07) is 12.5. The van der Waals surface area contributed by atoms with Gasteiger partial charge in [-0.15, -0.1) is 0 Å². The van der Waals surface area contributed by atoms with Gasteiger partial charge in [0.15, 0.2) is 0 Å². The van der Waals surface area contributed by atoms with Crippen molar-refractivity contribution in [2.75, 3.05) is 0 Å². The Morgan fingerprint density at radius 1 is 1.11 bits per heavy atom. The van der Waals surface area contributed by atoms with Gasteiger partial charge in [-0.1, -0.05) is 35.9 Å². The van der Waals surface area contributed by atoms with E-state index in [1.165, 1.54) is 17.7 Å². The average Bonchev–Trinajstić information content (AvgIpc) is 2.38. The van der Waals surface area contributed by atoms with Gasteiger partial charge in [0.05, 0.1) is 6.61 Å². The van der Waals surface area contributed by atoms with Crippen LogP contribution < -0.4 is 4.74 Å². The van der Waals surface area contributed by atoms with Crippen LogP contribution >= 0.6 is 0 Å². The minimum Gasteiger partial charge on any atom is -0.489 e. The fraction of sp³-hybridized carbons (Fsp3) is 0.200. The minimum absolute atomic E-state index is 0.276. The van der Waals surface area contributed by atoms with Gasteiger partial charge in [-0.3, -0.25) is 0 Å². The molecule has 2 rings (SSSR count). The second-order valence-corrected chi connectivity index (χ2v) is 4.19. The molecule has 2 nitrogen and oxygen atoms in total. The normalized spacial score (nSPS) is 10.4. The van der Waals surface area contributed by atoms with Crippen LogP contribution in [0.4, 0.5) is 4.39 Å². The molecule has 0 aliphatic heterocycles. The van der Waals surface area contributed by atoms with Gasteiger partial charge in [0.1, 0.15) is 18.2 Å². The van der Waals surface area contributed by atoms with Crippen molar-refractivity contribution in [1.29, 1.82) is 0 Å². The maximum Gasteiger partial charge on any atom is 0.132 e. The van der Waals surface area contributed by atoms with Crippen molar-refractivity contribution >= 4 is 0 Å². The van der Waals surface area contributed by atoms with E-state index in [9.17, 15) is 4.39 Å². The number of halogens is 1. The van der Waals surface area contributed by atoms with Crippen LogP contribution in [0.15, 0.2) is 42.5 Å². The van der Waals surface area contributed by atoms with E-state index in [0.29, 0.717) is 12.4 Å². The zero-order valence-electron chi connectivity index (χ0n) is 10.2. The van der Waals surface area contributed by atoms with E-state index in [0.717, 1.165) is 5.56 Å². The topological polar surface area (TPSA) is 29.5 Å². The van der Waals surface area contributed by atoms with Crippen LogP contribution in [0.3, 0.4) is 0 Å². The second kappa shape index (κ2) is 5.65. The van der Waals surface area contributed by atoms with E-state index < -0.39 is 5.82 Å². The maximum atomic E-state index is 13.4. The molecule has 0 aliphatic rings. The van der Waals surface area contributed by atoms with Crippen LogP contribution in [0.1, 0.15) is 16.7 Å². The van der Waals surface area contributed by atoms with Gasteiger partial charge in [0.2, 0.25) is 0 Å². The predicted molar refractivity (Wildman–Crippen MR) is 67.8 cm³/mol. The number of aliphatic hydroxyl groups is 1. The van der Waals surface area contributed by atoms with Gasteiger partial charge in [-0.25, -0.2) is 4.39 Å². The summed E-state index contributed by atoms with van der Waals surface area (Å²) < 4.78 is 18.9. The molecular formula is C15H15FO2. The van der Waals surface area contributed by atoms with Crippen LogP contribution in [0.2, 0.25) is 0 Å².